The third-order valence-electron chi connectivity index (χ3n) is 9.99. The van der Waals surface area contributed by atoms with Crippen LogP contribution in [0.5, 0.6) is 0 Å². The van der Waals surface area contributed by atoms with E-state index in [0.29, 0.717) is 17.4 Å². The Morgan fingerprint density at radius 2 is 1.00 bits per heavy atom. The van der Waals surface area contributed by atoms with E-state index in [0.717, 1.165) is 64.2 Å². The number of hydrogen-bond donors (Lipinski definition) is 2. The molecule has 0 aliphatic heterocycles. The molecular weight excluding hydrogens is 719 g/mol. The lowest BCUT2D eigenvalue weighted by Gasteiger charge is -2.29. The van der Waals surface area contributed by atoms with Crippen LogP contribution in [0.4, 0.5) is 0 Å². The summed E-state index contributed by atoms with van der Waals surface area (Å²) in [5.41, 5.74) is 0. The average molecular weight is 809 g/mol. The van der Waals surface area contributed by atoms with Crippen molar-refractivity contribution in [3.05, 3.63) is 48.6 Å². The lowest BCUT2D eigenvalue weighted by Crippen LogP contribution is -2.45. The monoisotopic (exact) mass is 809 g/mol. The number of amides is 1. The van der Waals surface area contributed by atoms with Crippen molar-refractivity contribution in [3.8, 4) is 0 Å². The first-order chi connectivity index (χ1) is 27.0. The molecule has 0 fully saturated rings. The van der Waals surface area contributed by atoms with E-state index in [1.807, 2.05) is 27.2 Å². The molecule has 8 nitrogen and oxygen atoms in total. The van der Waals surface area contributed by atoms with Gasteiger partial charge in [0.25, 0.3) is 7.82 Å². The number of rotatable bonds is 41. The molecule has 0 aliphatic rings. The van der Waals surface area contributed by atoms with Crippen LogP contribution in [0.3, 0.4) is 0 Å². The summed E-state index contributed by atoms with van der Waals surface area (Å²) in [5.74, 6) is -0.222. The van der Waals surface area contributed by atoms with E-state index in [-0.39, 0.29) is 12.5 Å². The molecule has 0 rings (SSSR count). The van der Waals surface area contributed by atoms with Crippen molar-refractivity contribution >= 4 is 13.7 Å². The molecule has 0 aromatic rings. The number of unbranched alkanes of at least 4 members (excludes halogenated alkanes) is 22. The van der Waals surface area contributed by atoms with Crippen molar-refractivity contribution in [3.63, 3.8) is 0 Å². The fourth-order valence-electron chi connectivity index (χ4n) is 6.30. The van der Waals surface area contributed by atoms with Crippen molar-refractivity contribution in [1.29, 1.82) is 0 Å². The van der Waals surface area contributed by atoms with Crippen molar-refractivity contribution in [2.75, 3.05) is 40.9 Å². The van der Waals surface area contributed by atoms with Gasteiger partial charge in [-0.2, -0.15) is 0 Å². The van der Waals surface area contributed by atoms with Crippen LogP contribution in [0.2, 0.25) is 0 Å². The first-order valence-electron chi connectivity index (χ1n) is 23.0. The third kappa shape index (κ3) is 40.6. The second-order valence-corrected chi connectivity index (χ2v) is 18.1. The molecule has 0 saturated carbocycles. The number of aliphatic hydroxyl groups excluding tert-OH is 1. The van der Waals surface area contributed by atoms with E-state index in [9.17, 15) is 19.4 Å². The number of quaternary nitrogens is 1. The minimum absolute atomic E-state index is 0.0115. The van der Waals surface area contributed by atoms with Crippen LogP contribution in [0, 0.1) is 0 Å². The molecule has 1 amide bonds. The van der Waals surface area contributed by atoms with Gasteiger partial charge in [-0.3, -0.25) is 9.36 Å². The van der Waals surface area contributed by atoms with Crippen LogP contribution < -0.4 is 10.2 Å². The Morgan fingerprint density at radius 1 is 0.607 bits per heavy atom. The molecule has 0 radical (unpaired) electrons. The van der Waals surface area contributed by atoms with Gasteiger partial charge in [0.2, 0.25) is 5.91 Å². The predicted molar refractivity (Wildman–Crippen MR) is 238 cm³/mol. The maximum atomic E-state index is 12.8. The number of carbonyl (C=O) groups excluding carboxylic acids is 1. The predicted octanol–water partition coefficient (Wildman–Crippen LogP) is 12.2. The van der Waals surface area contributed by atoms with E-state index in [2.05, 4.69) is 55.6 Å². The number of aliphatic hydroxyl groups is 1. The molecule has 3 atom stereocenters. The Labute approximate surface area is 346 Å². The smallest absolute Gasteiger partial charge is 0.268 e. The van der Waals surface area contributed by atoms with Crippen LogP contribution in [0.15, 0.2) is 48.6 Å². The highest BCUT2D eigenvalue weighted by atomic mass is 31.2. The highest BCUT2D eigenvalue weighted by molar-refractivity contribution is 7.45. The molecule has 56 heavy (non-hydrogen) atoms. The normalized spacial score (nSPS) is 14.8. The molecule has 3 unspecified atom stereocenters. The highest BCUT2D eigenvalue weighted by Crippen LogP contribution is 2.38. The van der Waals surface area contributed by atoms with E-state index >= 15 is 0 Å². The molecule has 0 bridgehead atoms. The summed E-state index contributed by atoms with van der Waals surface area (Å²) in [6, 6.07) is -0.913. The van der Waals surface area contributed by atoms with Gasteiger partial charge in [0.05, 0.1) is 39.9 Å². The Morgan fingerprint density at radius 3 is 1.45 bits per heavy atom. The minimum Gasteiger partial charge on any atom is -0.756 e. The Hall–Kier alpha value is -1.54. The largest absolute Gasteiger partial charge is 0.756 e. The number of carbonyl (C=O) groups is 1. The van der Waals surface area contributed by atoms with E-state index in [1.165, 1.54) is 109 Å². The molecule has 0 aromatic heterocycles. The lowest BCUT2D eigenvalue weighted by molar-refractivity contribution is -0.870. The number of phosphoric ester groups is 1. The summed E-state index contributed by atoms with van der Waals surface area (Å²) in [6.45, 7) is 4.59. The number of hydrogen-bond acceptors (Lipinski definition) is 6. The summed E-state index contributed by atoms with van der Waals surface area (Å²) in [6.07, 6.45) is 48.8. The summed E-state index contributed by atoms with van der Waals surface area (Å²) in [7, 11) is 1.23. The number of nitrogens with one attached hydrogen (secondary N) is 1. The number of allylic oxidation sites excluding steroid dienone is 7. The third-order valence-corrected chi connectivity index (χ3v) is 11.0. The number of likely N-dealkylation sites (N-methyl/N-ethyl adjacent to an activating group) is 1. The van der Waals surface area contributed by atoms with E-state index in [1.54, 1.807) is 6.08 Å². The Bertz CT molecular complexity index is 1050. The fourth-order valence-corrected chi connectivity index (χ4v) is 7.02. The highest BCUT2D eigenvalue weighted by Gasteiger charge is 2.23. The van der Waals surface area contributed by atoms with Gasteiger partial charge in [0.1, 0.15) is 13.2 Å². The van der Waals surface area contributed by atoms with Gasteiger partial charge in [-0.25, -0.2) is 0 Å². The van der Waals surface area contributed by atoms with Gasteiger partial charge in [0.15, 0.2) is 0 Å². The Kier molecular flexibility index (Phi) is 37.9. The van der Waals surface area contributed by atoms with Gasteiger partial charge < -0.3 is 28.8 Å². The van der Waals surface area contributed by atoms with Crippen molar-refractivity contribution in [2.24, 2.45) is 0 Å². The van der Waals surface area contributed by atoms with Gasteiger partial charge in [-0.15, -0.1) is 0 Å². The van der Waals surface area contributed by atoms with E-state index in [4.69, 9.17) is 9.05 Å². The molecule has 328 valence electrons. The van der Waals surface area contributed by atoms with Gasteiger partial charge in [-0.05, 0) is 70.6 Å². The Balaban J connectivity index is 4.49. The van der Waals surface area contributed by atoms with Crippen LogP contribution in [0.25, 0.3) is 0 Å². The molecule has 0 spiro atoms. The second-order valence-electron chi connectivity index (χ2n) is 16.7. The first-order valence-corrected chi connectivity index (χ1v) is 24.5. The summed E-state index contributed by atoms with van der Waals surface area (Å²) >= 11 is 0. The maximum Gasteiger partial charge on any atom is 0.268 e. The summed E-state index contributed by atoms with van der Waals surface area (Å²) < 4.78 is 23.2. The molecule has 9 heteroatoms. The molecule has 0 heterocycles. The topological polar surface area (TPSA) is 108 Å². The number of nitrogens with zero attached hydrogens (tertiary/aromatic N) is 1. The molecular formula is C47H89N2O6P. The van der Waals surface area contributed by atoms with Crippen LogP contribution in [0.1, 0.15) is 194 Å². The maximum absolute atomic E-state index is 12.8. The number of phosphoric acid groups is 1. The SMILES string of the molecule is CCCCCCC/C=C\CCCCCCCC(=O)NC(COP(=O)([O-])OCC[N+](C)(C)C)C(O)/C=C/CC/C=C/CC/C=C/CCCCCCCCCCCC. The quantitative estimate of drug-likeness (QED) is 0.0276. The van der Waals surface area contributed by atoms with Crippen LogP contribution in [-0.2, 0) is 18.4 Å². The van der Waals surface area contributed by atoms with E-state index < -0.39 is 26.6 Å². The lowest BCUT2D eigenvalue weighted by atomic mass is 10.1. The fraction of sp³-hybridized carbons (Fsp3) is 0.809. The molecule has 0 aliphatic carbocycles. The zero-order chi connectivity index (χ0) is 41.4. The van der Waals surface area contributed by atoms with Crippen molar-refractivity contribution < 1.29 is 32.9 Å². The summed E-state index contributed by atoms with van der Waals surface area (Å²) in [4.78, 5) is 25.3. The van der Waals surface area contributed by atoms with Gasteiger partial charge in [0, 0.05) is 6.42 Å². The zero-order valence-electron chi connectivity index (χ0n) is 37.1. The molecule has 0 aromatic carbocycles. The first kappa shape index (κ1) is 54.5. The summed E-state index contributed by atoms with van der Waals surface area (Å²) in [5, 5.41) is 13.8. The van der Waals surface area contributed by atoms with Crippen molar-refractivity contribution in [2.45, 2.75) is 206 Å². The van der Waals surface area contributed by atoms with Crippen LogP contribution in [-0.4, -0.2) is 68.5 Å². The van der Waals surface area contributed by atoms with Crippen LogP contribution >= 0.6 is 7.82 Å². The van der Waals surface area contributed by atoms with Gasteiger partial charge in [-0.1, -0.05) is 165 Å². The molecule has 0 saturated heterocycles. The zero-order valence-corrected chi connectivity index (χ0v) is 38.0. The second kappa shape index (κ2) is 38.9. The average Bonchev–Trinajstić information content (AvgIpc) is 3.15. The van der Waals surface area contributed by atoms with Gasteiger partial charge >= 0.3 is 0 Å². The molecule has 2 N–H and O–H groups in total. The van der Waals surface area contributed by atoms with Crippen molar-refractivity contribution in [1.82, 2.24) is 5.32 Å². The minimum atomic E-state index is -4.60. The standard InChI is InChI=1S/C47H89N2O6P/c1-6-8-10-12-14-16-18-20-22-23-24-25-26-27-28-30-32-34-36-38-40-46(50)45(44-55-56(52,53)54-43-42-49(3,4)5)48-47(51)41-39-37-35-33-31-29-21-19-17-15-13-11-9-7-2/h19,21,25-26,30,32,38,40,45-46,50H,6-18,20,22-24,27-29,31,33-37,39,41-44H2,1-5H3,(H-,48,51,52,53)/b21-19-,26-25+,32-30+,40-38+.